The normalized spacial score (nSPS) is 11.1. The zero-order chi connectivity index (χ0) is 10.8. The van der Waals surface area contributed by atoms with Crippen LogP contribution < -0.4 is 5.32 Å². The molecule has 1 N–H and O–H groups in total. The molecule has 0 unspecified atom stereocenters. The average Bonchev–Trinajstić information content (AvgIpc) is 2.01. The summed E-state index contributed by atoms with van der Waals surface area (Å²) in [6.45, 7) is 5.82. The van der Waals surface area contributed by atoms with E-state index < -0.39 is 0 Å². The second kappa shape index (κ2) is 3.96. The maximum Gasteiger partial charge on any atom is 0.250 e. The minimum atomic E-state index is -0.227. The van der Waals surface area contributed by atoms with Crippen molar-refractivity contribution in [3.8, 4) is 0 Å². The van der Waals surface area contributed by atoms with E-state index >= 15 is 0 Å². The van der Waals surface area contributed by atoms with Gasteiger partial charge in [0.15, 0.2) is 0 Å². The van der Waals surface area contributed by atoms with Gasteiger partial charge in [-0.05, 0) is 20.8 Å². The number of nitrogens with one attached hydrogen (secondary N) is 1. The number of carbonyl (C=O) groups excluding carboxylic acids is 1. The third kappa shape index (κ3) is 3.00. The lowest BCUT2D eigenvalue weighted by Gasteiger charge is -2.22. The molecule has 76 valence electrons. The maximum atomic E-state index is 11.7. The molecule has 1 aromatic rings. The van der Waals surface area contributed by atoms with Crippen molar-refractivity contribution in [2.24, 2.45) is 0 Å². The maximum absolute atomic E-state index is 11.7. The molecule has 3 heteroatoms. The Hall–Kier alpha value is -1.09. The molecule has 0 aliphatic rings. The van der Waals surface area contributed by atoms with Crippen LogP contribution in [0, 0.1) is 0 Å². The Morgan fingerprint density at radius 2 is 1.86 bits per heavy atom. The van der Waals surface area contributed by atoms with Crippen LogP contribution >= 0.6 is 0 Å². The predicted octanol–water partition coefficient (Wildman–Crippen LogP) is 2.12. The Bertz CT molecular complexity index is 341. The summed E-state index contributed by atoms with van der Waals surface area (Å²) < 4.78 is 0. The van der Waals surface area contributed by atoms with Crippen LogP contribution in [0.15, 0.2) is 29.2 Å². The Morgan fingerprint density at radius 3 is 2.36 bits per heavy atom. The summed E-state index contributed by atoms with van der Waals surface area (Å²) in [5.74, 6) is -0.108. The van der Waals surface area contributed by atoms with Crippen LogP contribution in [0.2, 0.25) is 0 Å². The van der Waals surface area contributed by atoms with Gasteiger partial charge in [-0.2, -0.15) is 4.90 Å². The van der Waals surface area contributed by atoms with Gasteiger partial charge in [0.05, 0.1) is 0 Å². The van der Waals surface area contributed by atoms with Crippen molar-refractivity contribution in [3.05, 3.63) is 29.8 Å². The number of hydrogen-bond acceptors (Lipinski definition) is 2. The minimum absolute atomic E-state index is 0.108. The molecule has 0 aliphatic carbocycles. The summed E-state index contributed by atoms with van der Waals surface area (Å²) in [6.07, 6.45) is 0. The van der Waals surface area contributed by atoms with Gasteiger partial charge >= 0.3 is 0 Å². The fourth-order valence-electron chi connectivity index (χ4n) is 1.06. The van der Waals surface area contributed by atoms with E-state index in [1.54, 1.807) is 12.1 Å². The molecule has 0 aliphatic heterocycles. The van der Waals surface area contributed by atoms with Crippen molar-refractivity contribution >= 4 is 18.5 Å². The van der Waals surface area contributed by atoms with Crippen molar-refractivity contribution in [2.45, 2.75) is 31.2 Å². The Morgan fingerprint density at radius 1 is 1.29 bits per heavy atom. The summed E-state index contributed by atoms with van der Waals surface area (Å²) in [5.41, 5.74) is 0.340. The molecule has 0 fully saturated rings. The first kappa shape index (κ1) is 11.0. The molecule has 0 saturated heterocycles. The monoisotopic (exact) mass is 208 g/mol. The molecule has 0 aromatic heterocycles. The van der Waals surface area contributed by atoms with E-state index in [-0.39, 0.29) is 11.4 Å². The molecular weight excluding hydrogens is 194 g/mol. The summed E-state index contributed by atoms with van der Waals surface area (Å²) in [5, 5.41) is 2.87. The molecule has 0 spiro atoms. The fraction of sp³-hybridized carbons (Fsp3) is 0.364. The number of rotatable bonds is 1. The van der Waals surface area contributed by atoms with Crippen LogP contribution in [0.4, 0.5) is 0 Å². The van der Waals surface area contributed by atoms with Gasteiger partial charge in [-0.25, -0.2) is 0 Å². The lowest BCUT2D eigenvalue weighted by molar-refractivity contribution is 0.0916. The van der Waals surface area contributed by atoms with Gasteiger partial charge < -0.3 is 17.9 Å². The van der Waals surface area contributed by atoms with Crippen LogP contribution in [0.3, 0.4) is 0 Å². The van der Waals surface area contributed by atoms with E-state index in [0.717, 1.165) is 0 Å². The first-order chi connectivity index (χ1) is 6.40. The van der Waals surface area contributed by atoms with E-state index in [2.05, 4.69) is 5.32 Å². The van der Waals surface area contributed by atoms with Crippen molar-refractivity contribution in [2.75, 3.05) is 0 Å². The quantitative estimate of drug-likeness (QED) is 0.716. The Labute approximate surface area is 90.1 Å². The van der Waals surface area contributed by atoms with Crippen molar-refractivity contribution in [1.82, 2.24) is 5.32 Å². The van der Waals surface area contributed by atoms with Gasteiger partial charge in [0.25, 0.3) is 0 Å². The fourth-order valence-corrected chi connectivity index (χ4v) is 1.30. The highest BCUT2D eigenvalue weighted by atomic mass is 32.1. The van der Waals surface area contributed by atoms with E-state index in [9.17, 15) is 4.79 Å². The third-order valence-electron chi connectivity index (χ3n) is 1.62. The zero-order valence-corrected chi connectivity index (χ0v) is 9.44. The molecule has 0 bridgehead atoms. The second-order valence-corrected chi connectivity index (χ2v) is 4.64. The highest BCUT2D eigenvalue weighted by Crippen LogP contribution is 2.09. The smallest absolute Gasteiger partial charge is 0.250 e. The summed E-state index contributed by atoms with van der Waals surface area (Å²) in [7, 11) is 0. The van der Waals surface area contributed by atoms with E-state index in [0.29, 0.717) is 10.5 Å². The van der Waals surface area contributed by atoms with Crippen LogP contribution in [0.25, 0.3) is 0 Å². The SMILES string of the molecule is CC(C)(C)NC(=O)c1ccccc1[S-]. The molecule has 1 rings (SSSR count). The average molecular weight is 208 g/mol. The van der Waals surface area contributed by atoms with Crippen molar-refractivity contribution in [1.29, 1.82) is 0 Å². The molecule has 1 aromatic carbocycles. The van der Waals surface area contributed by atoms with Crippen LogP contribution in [0.1, 0.15) is 31.1 Å². The van der Waals surface area contributed by atoms with Crippen molar-refractivity contribution < 1.29 is 4.79 Å². The molecule has 1 amide bonds. The van der Waals surface area contributed by atoms with Crippen LogP contribution in [-0.2, 0) is 12.6 Å². The largest absolute Gasteiger partial charge is 0.779 e. The summed E-state index contributed by atoms with van der Waals surface area (Å²) in [4.78, 5) is 12.3. The van der Waals surface area contributed by atoms with Crippen molar-refractivity contribution in [3.63, 3.8) is 0 Å². The van der Waals surface area contributed by atoms with Gasteiger partial charge in [0.1, 0.15) is 0 Å². The summed E-state index contributed by atoms with van der Waals surface area (Å²) >= 11 is 5.06. The number of hydrogen-bond donors (Lipinski definition) is 1. The molecular formula is C11H14NOS-. The Kier molecular flexibility index (Phi) is 3.11. The van der Waals surface area contributed by atoms with Gasteiger partial charge in [-0.3, -0.25) is 4.79 Å². The van der Waals surface area contributed by atoms with Gasteiger partial charge in [-0.1, -0.05) is 24.3 Å². The topological polar surface area (TPSA) is 29.1 Å². The number of benzene rings is 1. The first-order valence-electron chi connectivity index (χ1n) is 4.49. The van der Waals surface area contributed by atoms with Crippen LogP contribution in [0.5, 0.6) is 0 Å². The van der Waals surface area contributed by atoms with Gasteiger partial charge in [-0.15, -0.1) is 0 Å². The van der Waals surface area contributed by atoms with Gasteiger partial charge in [0, 0.05) is 11.1 Å². The highest BCUT2D eigenvalue weighted by molar-refractivity contribution is 7.58. The Balaban J connectivity index is 2.86. The molecule has 14 heavy (non-hydrogen) atoms. The zero-order valence-electron chi connectivity index (χ0n) is 8.63. The third-order valence-corrected chi connectivity index (χ3v) is 1.98. The number of carbonyl (C=O) groups is 1. The molecule has 0 saturated carbocycles. The first-order valence-corrected chi connectivity index (χ1v) is 4.89. The lowest BCUT2D eigenvalue weighted by Crippen LogP contribution is -2.40. The van der Waals surface area contributed by atoms with Gasteiger partial charge in [0.2, 0.25) is 5.91 Å². The summed E-state index contributed by atoms with van der Waals surface area (Å²) in [6, 6.07) is 7.14. The van der Waals surface area contributed by atoms with E-state index in [4.69, 9.17) is 12.6 Å². The standard InChI is InChI=1S/C11H15NOS/c1-11(2,3)12-10(13)8-6-4-5-7-9(8)14/h4-7,14H,1-3H3,(H,12,13)/p-1. The molecule has 0 heterocycles. The second-order valence-electron chi connectivity index (χ2n) is 4.20. The van der Waals surface area contributed by atoms with E-state index in [1.165, 1.54) is 0 Å². The predicted molar refractivity (Wildman–Crippen MR) is 59.3 cm³/mol. The molecule has 2 nitrogen and oxygen atoms in total. The molecule has 0 radical (unpaired) electrons. The van der Waals surface area contributed by atoms with E-state index in [1.807, 2.05) is 32.9 Å². The lowest BCUT2D eigenvalue weighted by atomic mass is 10.1. The highest BCUT2D eigenvalue weighted by Gasteiger charge is 2.14. The van der Waals surface area contributed by atoms with Crippen LogP contribution in [-0.4, -0.2) is 11.4 Å². The number of amides is 1. The molecule has 0 atom stereocenters. The minimum Gasteiger partial charge on any atom is -0.779 e.